The summed E-state index contributed by atoms with van der Waals surface area (Å²) < 4.78 is 0. The van der Waals surface area contributed by atoms with Gasteiger partial charge in [0.1, 0.15) is 0 Å². The Kier molecular flexibility index (Phi) is 6.02. The maximum absolute atomic E-state index is 2.44. The molecule has 0 unspecified atom stereocenters. The van der Waals surface area contributed by atoms with E-state index in [1.165, 1.54) is 77.9 Å². The third-order valence-corrected chi connectivity index (χ3v) is 8.95. The lowest BCUT2D eigenvalue weighted by Gasteiger charge is -2.30. The van der Waals surface area contributed by atoms with Gasteiger partial charge in [-0.05, 0) is 91.7 Å². The third kappa shape index (κ3) is 3.98. The fraction of sp³-hybridized carbons (Fsp3) is 0.122. The van der Waals surface area contributed by atoms with Crippen LogP contribution < -0.4 is 0 Å². The zero-order valence-corrected chi connectivity index (χ0v) is 24.2. The Morgan fingerprint density at radius 1 is 0.390 bits per heavy atom. The molecule has 0 heteroatoms. The molecule has 198 valence electrons. The largest absolute Gasteiger partial charge is 0.0622 e. The highest BCUT2D eigenvalue weighted by Crippen LogP contribution is 2.61. The number of benzene rings is 6. The number of rotatable bonds is 4. The van der Waals surface area contributed by atoms with Crippen molar-refractivity contribution in [2.75, 3.05) is 0 Å². The van der Waals surface area contributed by atoms with E-state index in [4.69, 9.17) is 0 Å². The molecule has 1 aliphatic rings. The zero-order chi connectivity index (χ0) is 28.1. The Morgan fingerprint density at radius 3 is 1.17 bits per heavy atom. The van der Waals surface area contributed by atoms with Crippen molar-refractivity contribution in [2.45, 2.75) is 33.1 Å². The molecule has 0 nitrogen and oxygen atoms in total. The molecule has 0 spiro atoms. The van der Waals surface area contributed by atoms with Crippen molar-refractivity contribution < 1.29 is 0 Å². The minimum absolute atomic E-state index is 0.184. The van der Waals surface area contributed by atoms with Crippen LogP contribution in [-0.4, -0.2) is 0 Å². The van der Waals surface area contributed by atoms with E-state index in [-0.39, 0.29) is 5.41 Å². The Labute approximate surface area is 244 Å². The molecule has 0 fully saturated rings. The van der Waals surface area contributed by atoms with E-state index in [1.807, 2.05) is 0 Å². The third-order valence-electron chi connectivity index (χ3n) is 8.95. The van der Waals surface area contributed by atoms with E-state index in [1.54, 1.807) is 0 Å². The second-order valence-corrected chi connectivity index (χ2v) is 11.8. The zero-order valence-electron chi connectivity index (χ0n) is 24.2. The van der Waals surface area contributed by atoms with Gasteiger partial charge in [0.05, 0.1) is 0 Å². The minimum atomic E-state index is -0.184. The molecule has 6 aromatic carbocycles. The molecule has 1 aliphatic carbocycles. The number of hydrogen-bond acceptors (Lipinski definition) is 0. The molecule has 0 N–H and O–H groups in total. The quantitative estimate of drug-likeness (QED) is 0.214. The lowest BCUT2D eigenvalue weighted by atomic mass is 9.72. The van der Waals surface area contributed by atoms with E-state index in [0.29, 0.717) is 0 Å². The SMILES string of the molecule is Cc1cc2c(cc1C)C(C)(C)c1c(-c3ccccc3)c(-c3ccccc3)c(-c3ccccc3)c(-c3ccccc3)c1-2. The molecule has 0 saturated heterocycles. The summed E-state index contributed by atoms with van der Waals surface area (Å²) in [5.41, 5.74) is 18.3. The highest BCUT2D eigenvalue weighted by Gasteiger charge is 2.42. The van der Waals surface area contributed by atoms with E-state index in [2.05, 4.69) is 161 Å². The first kappa shape index (κ1) is 25.3. The van der Waals surface area contributed by atoms with Crippen molar-refractivity contribution >= 4 is 0 Å². The van der Waals surface area contributed by atoms with Crippen LogP contribution >= 0.6 is 0 Å². The first-order valence-corrected chi connectivity index (χ1v) is 14.5. The predicted octanol–water partition coefficient (Wildman–Crippen LogP) is 11.3. The van der Waals surface area contributed by atoms with Crippen LogP contribution in [0.5, 0.6) is 0 Å². The average Bonchev–Trinajstić information content (AvgIpc) is 3.23. The highest BCUT2D eigenvalue weighted by molar-refractivity contribution is 6.11. The van der Waals surface area contributed by atoms with Crippen LogP contribution in [0.4, 0.5) is 0 Å². The van der Waals surface area contributed by atoms with Gasteiger partial charge in [-0.15, -0.1) is 0 Å². The van der Waals surface area contributed by atoms with Gasteiger partial charge in [-0.3, -0.25) is 0 Å². The summed E-state index contributed by atoms with van der Waals surface area (Å²) in [5.74, 6) is 0. The summed E-state index contributed by atoms with van der Waals surface area (Å²) in [6.45, 7) is 9.34. The summed E-state index contributed by atoms with van der Waals surface area (Å²) in [7, 11) is 0. The van der Waals surface area contributed by atoms with Crippen LogP contribution in [0.25, 0.3) is 55.6 Å². The summed E-state index contributed by atoms with van der Waals surface area (Å²) in [4.78, 5) is 0. The van der Waals surface area contributed by atoms with Gasteiger partial charge in [-0.25, -0.2) is 0 Å². The van der Waals surface area contributed by atoms with Gasteiger partial charge in [0, 0.05) is 5.41 Å². The maximum atomic E-state index is 2.44. The van der Waals surface area contributed by atoms with Crippen molar-refractivity contribution in [2.24, 2.45) is 0 Å². The molecule has 0 radical (unpaired) electrons. The van der Waals surface area contributed by atoms with Crippen molar-refractivity contribution in [3.63, 3.8) is 0 Å². The van der Waals surface area contributed by atoms with Crippen LogP contribution in [0.1, 0.15) is 36.1 Å². The van der Waals surface area contributed by atoms with E-state index >= 15 is 0 Å². The second kappa shape index (κ2) is 9.75. The average molecular weight is 527 g/mol. The van der Waals surface area contributed by atoms with E-state index < -0.39 is 0 Å². The summed E-state index contributed by atoms with van der Waals surface area (Å²) >= 11 is 0. The van der Waals surface area contributed by atoms with Gasteiger partial charge >= 0.3 is 0 Å². The van der Waals surface area contributed by atoms with Crippen molar-refractivity contribution in [1.82, 2.24) is 0 Å². The summed E-state index contributed by atoms with van der Waals surface area (Å²) in [6.07, 6.45) is 0. The van der Waals surface area contributed by atoms with Gasteiger partial charge in [-0.2, -0.15) is 0 Å². The van der Waals surface area contributed by atoms with Gasteiger partial charge < -0.3 is 0 Å². The molecule has 0 aromatic heterocycles. The first-order chi connectivity index (χ1) is 20.0. The Balaban J connectivity index is 1.80. The normalized spacial score (nSPS) is 13.1. The van der Waals surface area contributed by atoms with E-state index in [9.17, 15) is 0 Å². The standard InChI is InChI=1S/C41H34/c1-27-25-33-34(26-28(27)2)41(3,4)40-38(32-23-15-8-16-24-32)36(30-19-11-6-12-20-30)35(29-17-9-5-10-18-29)37(39(33)40)31-21-13-7-14-22-31/h5-26H,1-4H3. The molecule has 0 amide bonds. The van der Waals surface area contributed by atoms with Crippen molar-refractivity contribution in [1.29, 1.82) is 0 Å². The van der Waals surface area contributed by atoms with E-state index in [0.717, 1.165) is 0 Å². The molecule has 0 saturated carbocycles. The number of fused-ring (bicyclic) bond motifs is 3. The van der Waals surface area contributed by atoms with Crippen LogP contribution in [0.2, 0.25) is 0 Å². The fourth-order valence-corrected chi connectivity index (χ4v) is 6.89. The lowest BCUT2D eigenvalue weighted by molar-refractivity contribution is 0.661. The molecule has 7 rings (SSSR count). The molecular weight excluding hydrogens is 492 g/mol. The van der Waals surface area contributed by atoms with Crippen molar-refractivity contribution in [3.05, 3.63) is 156 Å². The molecule has 0 aliphatic heterocycles. The lowest BCUT2D eigenvalue weighted by Crippen LogP contribution is -2.17. The Morgan fingerprint density at radius 2 is 0.732 bits per heavy atom. The predicted molar refractivity (Wildman–Crippen MR) is 175 cm³/mol. The second-order valence-electron chi connectivity index (χ2n) is 11.8. The Hall–Kier alpha value is -4.68. The smallest absolute Gasteiger partial charge is 0.0165 e. The topological polar surface area (TPSA) is 0 Å². The monoisotopic (exact) mass is 526 g/mol. The van der Waals surface area contributed by atoms with Crippen LogP contribution in [-0.2, 0) is 5.41 Å². The number of aryl methyl sites for hydroxylation is 2. The molecule has 0 heterocycles. The molecular formula is C41H34. The summed E-state index contributed by atoms with van der Waals surface area (Å²) in [6, 6.07) is 49.0. The molecule has 0 bridgehead atoms. The Bertz CT molecular complexity index is 1880. The number of hydrogen-bond donors (Lipinski definition) is 0. The molecule has 41 heavy (non-hydrogen) atoms. The van der Waals surface area contributed by atoms with Crippen LogP contribution in [0.15, 0.2) is 133 Å². The van der Waals surface area contributed by atoms with Gasteiger partial charge in [0.25, 0.3) is 0 Å². The fourth-order valence-electron chi connectivity index (χ4n) is 6.89. The minimum Gasteiger partial charge on any atom is -0.0622 e. The molecule has 6 aromatic rings. The van der Waals surface area contributed by atoms with Crippen LogP contribution in [0.3, 0.4) is 0 Å². The first-order valence-electron chi connectivity index (χ1n) is 14.5. The van der Waals surface area contributed by atoms with Gasteiger partial charge in [0.2, 0.25) is 0 Å². The maximum Gasteiger partial charge on any atom is 0.0165 e. The van der Waals surface area contributed by atoms with Crippen molar-refractivity contribution in [3.8, 4) is 55.6 Å². The highest BCUT2D eigenvalue weighted by atomic mass is 14.4. The summed E-state index contributed by atoms with van der Waals surface area (Å²) in [5, 5.41) is 0. The van der Waals surface area contributed by atoms with Crippen LogP contribution in [0, 0.1) is 13.8 Å². The van der Waals surface area contributed by atoms with Gasteiger partial charge in [-0.1, -0.05) is 147 Å². The molecule has 0 atom stereocenters. The van der Waals surface area contributed by atoms with Gasteiger partial charge in [0.15, 0.2) is 0 Å².